The molecule has 3 aromatic rings. The van der Waals surface area contributed by atoms with E-state index in [4.69, 9.17) is 9.84 Å². The largest absolute Gasteiger partial charge is 0.394 e. The number of rotatable bonds is 9. The Balaban J connectivity index is 1.48. The van der Waals surface area contributed by atoms with Gasteiger partial charge < -0.3 is 20.1 Å². The predicted octanol–water partition coefficient (Wildman–Crippen LogP) is 2.31. The Morgan fingerprint density at radius 3 is 2.78 bits per heavy atom. The summed E-state index contributed by atoms with van der Waals surface area (Å²) in [5, 5.41) is 39.0. The van der Waals surface area contributed by atoms with E-state index < -0.39 is 36.0 Å². The summed E-state index contributed by atoms with van der Waals surface area (Å²) in [6, 6.07) is 3.18. The molecule has 2 aromatic heterocycles. The minimum absolute atomic E-state index is 0.0417. The third-order valence-corrected chi connectivity index (χ3v) is 7.36. The van der Waals surface area contributed by atoms with Gasteiger partial charge in [-0.1, -0.05) is 30.0 Å². The van der Waals surface area contributed by atoms with Gasteiger partial charge in [-0.15, -0.1) is 5.10 Å². The van der Waals surface area contributed by atoms with Gasteiger partial charge in [0.1, 0.15) is 12.2 Å². The first kappa shape index (κ1) is 25.1. The molecule has 2 fully saturated rings. The van der Waals surface area contributed by atoms with Crippen LogP contribution < -0.4 is 0 Å². The fourth-order valence-corrected chi connectivity index (χ4v) is 5.07. The summed E-state index contributed by atoms with van der Waals surface area (Å²) in [7, 11) is 0. The van der Waals surface area contributed by atoms with Crippen molar-refractivity contribution in [2.75, 3.05) is 19.0 Å². The van der Waals surface area contributed by atoms with Crippen LogP contribution in [0, 0.1) is 11.6 Å². The average Bonchev–Trinajstić information content (AvgIpc) is 3.41. The topological polar surface area (TPSA) is 139 Å². The highest BCUT2D eigenvalue weighted by molar-refractivity contribution is 7.99. The van der Waals surface area contributed by atoms with E-state index in [9.17, 15) is 19.0 Å². The fraction of sp³-hybridized carbons (Fsp3) is 0.522. The molecule has 0 saturated heterocycles. The quantitative estimate of drug-likeness (QED) is 0.286. The lowest BCUT2D eigenvalue weighted by atomic mass is 10.1. The normalized spacial score (nSPS) is 26.8. The van der Waals surface area contributed by atoms with Crippen LogP contribution in [0.2, 0.25) is 0 Å². The number of hydrogen-bond acceptors (Lipinski definition) is 10. The van der Waals surface area contributed by atoms with Gasteiger partial charge in [0.05, 0.1) is 25.4 Å². The summed E-state index contributed by atoms with van der Waals surface area (Å²) >= 11 is 1.45. The van der Waals surface area contributed by atoms with Gasteiger partial charge in [-0.05, 0) is 30.5 Å². The molecule has 0 amide bonds. The highest BCUT2D eigenvalue weighted by Crippen LogP contribution is 2.41. The van der Waals surface area contributed by atoms with Crippen LogP contribution >= 0.6 is 11.8 Å². The Labute approximate surface area is 209 Å². The maximum atomic E-state index is 13.7. The lowest BCUT2D eigenvalue weighted by molar-refractivity contribution is -0.0629. The molecule has 5 atom stereocenters. The summed E-state index contributed by atoms with van der Waals surface area (Å²) in [6.45, 7) is 1.88. The Bertz CT molecular complexity index is 1290. The Hall–Kier alpha value is -2.58. The molecule has 1 aromatic carbocycles. The molecule has 0 radical (unpaired) electrons. The molecule has 3 N–H and O–H groups in total. The number of aliphatic hydroxyl groups is 3. The zero-order valence-electron chi connectivity index (χ0n) is 19.5. The monoisotopic (exact) mass is 520 g/mol. The number of aromatic nitrogens is 5. The van der Waals surface area contributed by atoms with Gasteiger partial charge in [0.25, 0.3) is 0 Å². The van der Waals surface area contributed by atoms with Crippen molar-refractivity contribution >= 4 is 34.5 Å². The number of ether oxygens (including phenoxy) is 1. The molecule has 0 spiro atoms. The van der Waals surface area contributed by atoms with Gasteiger partial charge >= 0.3 is 0 Å². The maximum absolute atomic E-state index is 13.7. The van der Waals surface area contributed by atoms with Crippen LogP contribution in [0.4, 0.5) is 14.6 Å². The Morgan fingerprint density at radius 1 is 1.19 bits per heavy atom. The van der Waals surface area contributed by atoms with Gasteiger partial charge in [-0.2, -0.15) is 0 Å². The predicted molar refractivity (Wildman–Crippen MR) is 127 cm³/mol. The molecule has 2 aliphatic rings. The van der Waals surface area contributed by atoms with Crippen molar-refractivity contribution in [2.45, 2.75) is 61.6 Å². The molecule has 10 nitrogen and oxygen atoms in total. The van der Waals surface area contributed by atoms with Gasteiger partial charge in [-0.25, -0.2) is 28.4 Å². The van der Waals surface area contributed by atoms with E-state index in [0.29, 0.717) is 34.1 Å². The molecule has 2 saturated carbocycles. The van der Waals surface area contributed by atoms with Crippen LogP contribution in [0.3, 0.4) is 0 Å². The summed E-state index contributed by atoms with van der Waals surface area (Å²) in [6.07, 6.45) is -1.25. The third kappa shape index (κ3) is 4.85. The second-order valence-corrected chi connectivity index (χ2v) is 9.90. The van der Waals surface area contributed by atoms with Crippen LogP contribution in [-0.4, -0.2) is 83.3 Å². The number of fused-ring (bicyclic) bond motifs is 1. The third-order valence-electron chi connectivity index (χ3n) is 6.31. The number of aliphatic imine (C=N–C) groups is 1. The highest BCUT2D eigenvalue weighted by atomic mass is 32.2. The average molecular weight is 521 g/mol. The molecule has 5 rings (SSSR count). The minimum Gasteiger partial charge on any atom is -0.394 e. The van der Waals surface area contributed by atoms with E-state index in [1.165, 1.54) is 22.5 Å². The molecule has 0 unspecified atom stereocenters. The van der Waals surface area contributed by atoms with Crippen LogP contribution in [0.25, 0.3) is 11.2 Å². The lowest BCUT2D eigenvalue weighted by Gasteiger charge is -2.17. The SMILES string of the molecule is CCCSc1nc(N=C2C[C@H]2c2ccc(F)c(F)c2)c2nnn([C@@H]3C[C@H](OCCO)[C@@H](O)[C@H]3O)c2n1. The second kappa shape index (κ2) is 10.4. The van der Waals surface area contributed by atoms with Gasteiger partial charge in [0, 0.05) is 23.8 Å². The van der Waals surface area contributed by atoms with Crippen LogP contribution in [-0.2, 0) is 4.74 Å². The molecule has 0 aliphatic heterocycles. The molecule has 192 valence electrons. The fourth-order valence-electron chi connectivity index (χ4n) is 4.38. The first-order chi connectivity index (χ1) is 17.4. The molecule has 13 heteroatoms. The number of nitrogens with zero attached hydrogens (tertiary/aromatic N) is 6. The van der Waals surface area contributed by atoms with Crippen LogP contribution in [0.1, 0.15) is 43.7 Å². The second-order valence-electron chi connectivity index (χ2n) is 8.83. The van der Waals surface area contributed by atoms with Crippen molar-refractivity contribution in [3.63, 3.8) is 0 Å². The van der Waals surface area contributed by atoms with Crippen molar-refractivity contribution < 1.29 is 28.8 Å². The molecular formula is C23H26F2N6O4S. The van der Waals surface area contributed by atoms with Crippen LogP contribution in [0.5, 0.6) is 0 Å². The van der Waals surface area contributed by atoms with Crippen molar-refractivity contribution in [3.8, 4) is 0 Å². The standard InChI is InChI=1S/C23H26F2N6O4S/c1-2-7-36-23-27-21(26-15-9-12(15)11-3-4-13(24)14(25)8-11)18-22(28-23)31(30-29-18)16-10-17(35-6-5-32)20(34)19(16)33/h3-4,8,12,16-17,19-20,32-34H,2,5-7,9-10H2,1H3/t12-,16+,17-,19-,20+/m0/s1. The molecular weight excluding hydrogens is 494 g/mol. The van der Waals surface area contributed by atoms with E-state index in [2.05, 4.69) is 25.3 Å². The number of thioether (sulfide) groups is 1. The van der Waals surface area contributed by atoms with Gasteiger partial charge in [-0.3, -0.25) is 0 Å². The summed E-state index contributed by atoms with van der Waals surface area (Å²) in [5.41, 5.74) is 2.10. The van der Waals surface area contributed by atoms with Crippen LogP contribution in [0.15, 0.2) is 28.3 Å². The molecule has 2 aliphatic carbocycles. The number of hydrogen-bond donors (Lipinski definition) is 3. The first-order valence-electron chi connectivity index (χ1n) is 11.8. The van der Waals surface area contributed by atoms with Crippen molar-refractivity contribution in [2.24, 2.45) is 4.99 Å². The first-order valence-corrected chi connectivity index (χ1v) is 12.8. The molecule has 36 heavy (non-hydrogen) atoms. The molecule has 0 bridgehead atoms. The van der Waals surface area contributed by atoms with E-state index in [-0.39, 0.29) is 25.6 Å². The number of benzene rings is 1. The van der Waals surface area contributed by atoms with E-state index >= 15 is 0 Å². The van der Waals surface area contributed by atoms with Crippen molar-refractivity contribution in [3.05, 3.63) is 35.4 Å². The lowest BCUT2D eigenvalue weighted by Crippen LogP contribution is -2.33. The van der Waals surface area contributed by atoms with Crippen molar-refractivity contribution in [1.82, 2.24) is 25.0 Å². The smallest absolute Gasteiger partial charge is 0.191 e. The van der Waals surface area contributed by atoms with E-state index in [1.807, 2.05) is 6.92 Å². The van der Waals surface area contributed by atoms with E-state index in [1.54, 1.807) is 6.07 Å². The Morgan fingerprint density at radius 2 is 2.03 bits per heavy atom. The summed E-state index contributed by atoms with van der Waals surface area (Å²) in [4.78, 5) is 13.8. The van der Waals surface area contributed by atoms with Gasteiger partial charge in [0.2, 0.25) is 0 Å². The Kier molecular flexibility index (Phi) is 7.26. The summed E-state index contributed by atoms with van der Waals surface area (Å²) in [5.74, 6) is -0.840. The highest BCUT2D eigenvalue weighted by Gasteiger charge is 2.44. The van der Waals surface area contributed by atoms with Gasteiger partial charge in [0.15, 0.2) is 33.8 Å². The number of halogens is 2. The minimum atomic E-state index is -1.17. The maximum Gasteiger partial charge on any atom is 0.191 e. The zero-order chi connectivity index (χ0) is 25.4. The zero-order valence-corrected chi connectivity index (χ0v) is 20.3. The number of aliphatic hydroxyl groups excluding tert-OH is 3. The van der Waals surface area contributed by atoms with Crippen molar-refractivity contribution in [1.29, 1.82) is 0 Å². The summed E-state index contributed by atoms with van der Waals surface area (Å²) < 4.78 is 33.9. The molecule has 2 heterocycles. The van der Waals surface area contributed by atoms with E-state index in [0.717, 1.165) is 24.0 Å².